The molecule has 0 saturated heterocycles. The van der Waals surface area contributed by atoms with E-state index in [0.717, 1.165) is 27.1 Å². The second-order valence-corrected chi connectivity index (χ2v) is 7.16. The van der Waals surface area contributed by atoms with Crippen molar-refractivity contribution in [1.29, 1.82) is 0 Å². The minimum Gasteiger partial charge on any atom is -0.497 e. The standard InChI is InChI=1S/C22H21BrN2O3/c1-27-20-7-3-16(4-8-20)14-25(15-17-5-9-21(28-2)10-6-17)22(26)18-11-19(23)13-24-12-18/h3-13H,14-15H2,1-2H3. The van der Waals surface area contributed by atoms with E-state index in [1.165, 1.54) is 0 Å². The molecule has 0 saturated carbocycles. The topological polar surface area (TPSA) is 51.7 Å². The number of hydrogen-bond acceptors (Lipinski definition) is 4. The molecule has 0 atom stereocenters. The predicted molar refractivity (Wildman–Crippen MR) is 112 cm³/mol. The minimum absolute atomic E-state index is 0.0829. The van der Waals surface area contributed by atoms with E-state index in [1.807, 2.05) is 48.5 Å². The molecule has 0 aliphatic rings. The quantitative estimate of drug-likeness (QED) is 0.533. The number of carbonyl (C=O) groups excluding carboxylic acids is 1. The van der Waals surface area contributed by atoms with Crippen LogP contribution in [0.5, 0.6) is 11.5 Å². The molecule has 0 spiro atoms. The first kappa shape index (κ1) is 19.9. The lowest BCUT2D eigenvalue weighted by Gasteiger charge is -2.23. The summed E-state index contributed by atoms with van der Waals surface area (Å²) in [5.74, 6) is 1.49. The van der Waals surface area contributed by atoms with Crippen LogP contribution in [0, 0.1) is 0 Å². The summed E-state index contributed by atoms with van der Waals surface area (Å²) >= 11 is 3.38. The maximum atomic E-state index is 13.2. The Bertz CT molecular complexity index is 878. The molecule has 0 fully saturated rings. The van der Waals surface area contributed by atoms with Crippen molar-refractivity contribution >= 4 is 21.8 Å². The number of hydrogen-bond donors (Lipinski definition) is 0. The molecule has 3 aromatic rings. The van der Waals surface area contributed by atoms with Gasteiger partial charge in [0.1, 0.15) is 11.5 Å². The number of carbonyl (C=O) groups is 1. The molecular weight excluding hydrogens is 420 g/mol. The molecule has 0 radical (unpaired) electrons. The lowest BCUT2D eigenvalue weighted by molar-refractivity contribution is 0.0729. The largest absolute Gasteiger partial charge is 0.497 e. The second-order valence-electron chi connectivity index (χ2n) is 6.25. The van der Waals surface area contributed by atoms with Gasteiger partial charge >= 0.3 is 0 Å². The first-order chi connectivity index (χ1) is 13.6. The zero-order valence-electron chi connectivity index (χ0n) is 15.8. The van der Waals surface area contributed by atoms with Crippen LogP contribution in [0.25, 0.3) is 0 Å². The van der Waals surface area contributed by atoms with E-state index in [1.54, 1.807) is 37.6 Å². The summed E-state index contributed by atoms with van der Waals surface area (Å²) in [7, 11) is 3.27. The Morgan fingerprint density at radius 3 is 1.82 bits per heavy atom. The number of ether oxygens (including phenoxy) is 2. The number of methoxy groups -OCH3 is 2. The zero-order chi connectivity index (χ0) is 19.9. The van der Waals surface area contributed by atoms with E-state index in [-0.39, 0.29) is 5.91 Å². The third-order valence-corrected chi connectivity index (χ3v) is 4.74. The van der Waals surface area contributed by atoms with Crippen LogP contribution in [-0.4, -0.2) is 30.0 Å². The van der Waals surface area contributed by atoms with Gasteiger partial charge < -0.3 is 14.4 Å². The Hall–Kier alpha value is -2.86. The fourth-order valence-electron chi connectivity index (χ4n) is 2.81. The van der Waals surface area contributed by atoms with Crippen LogP contribution in [0.4, 0.5) is 0 Å². The molecule has 0 aliphatic carbocycles. The van der Waals surface area contributed by atoms with E-state index in [0.29, 0.717) is 18.7 Å². The lowest BCUT2D eigenvalue weighted by atomic mass is 10.1. The Kier molecular flexibility index (Phi) is 6.66. The van der Waals surface area contributed by atoms with Crippen LogP contribution in [0.3, 0.4) is 0 Å². The molecule has 144 valence electrons. The Balaban J connectivity index is 1.86. The average molecular weight is 441 g/mol. The van der Waals surface area contributed by atoms with Gasteiger partial charge in [-0.25, -0.2) is 0 Å². The van der Waals surface area contributed by atoms with Crippen molar-refractivity contribution in [1.82, 2.24) is 9.88 Å². The number of rotatable bonds is 7. The highest BCUT2D eigenvalue weighted by molar-refractivity contribution is 9.10. The van der Waals surface area contributed by atoms with Crippen LogP contribution < -0.4 is 9.47 Å². The van der Waals surface area contributed by atoms with Crippen LogP contribution in [0.1, 0.15) is 21.5 Å². The first-order valence-electron chi connectivity index (χ1n) is 8.74. The maximum Gasteiger partial charge on any atom is 0.256 e. The molecule has 1 heterocycles. The summed E-state index contributed by atoms with van der Waals surface area (Å²) in [6.45, 7) is 0.947. The minimum atomic E-state index is -0.0829. The smallest absolute Gasteiger partial charge is 0.256 e. The number of aromatic nitrogens is 1. The van der Waals surface area contributed by atoms with Crippen molar-refractivity contribution in [3.8, 4) is 11.5 Å². The second kappa shape index (κ2) is 9.37. The average Bonchev–Trinajstić information content (AvgIpc) is 2.74. The number of nitrogens with zero attached hydrogens (tertiary/aromatic N) is 2. The van der Waals surface area contributed by atoms with Gasteiger partial charge in [-0.2, -0.15) is 0 Å². The molecule has 2 aromatic carbocycles. The molecule has 0 bridgehead atoms. The summed E-state index contributed by atoms with van der Waals surface area (Å²) in [5.41, 5.74) is 2.58. The van der Waals surface area contributed by atoms with E-state index < -0.39 is 0 Å². The van der Waals surface area contributed by atoms with Crippen molar-refractivity contribution in [2.75, 3.05) is 14.2 Å². The van der Waals surface area contributed by atoms with Crippen molar-refractivity contribution < 1.29 is 14.3 Å². The maximum absolute atomic E-state index is 13.2. The Morgan fingerprint density at radius 2 is 1.39 bits per heavy atom. The molecule has 1 aromatic heterocycles. The lowest BCUT2D eigenvalue weighted by Crippen LogP contribution is -2.30. The Morgan fingerprint density at radius 1 is 0.893 bits per heavy atom. The summed E-state index contributed by atoms with van der Waals surface area (Å²) in [4.78, 5) is 19.1. The van der Waals surface area contributed by atoms with Crippen molar-refractivity contribution in [2.24, 2.45) is 0 Å². The van der Waals surface area contributed by atoms with Gasteiger partial charge in [0.05, 0.1) is 19.8 Å². The number of amides is 1. The number of benzene rings is 2. The highest BCUT2D eigenvalue weighted by Crippen LogP contribution is 2.19. The van der Waals surface area contributed by atoms with Crippen LogP contribution in [0.15, 0.2) is 71.5 Å². The third kappa shape index (κ3) is 5.10. The Labute approximate surface area is 173 Å². The van der Waals surface area contributed by atoms with Gasteiger partial charge in [-0.1, -0.05) is 24.3 Å². The third-order valence-electron chi connectivity index (χ3n) is 4.30. The molecule has 5 nitrogen and oxygen atoms in total. The molecular formula is C22H21BrN2O3. The van der Waals surface area contributed by atoms with Gasteiger partial charge in [-0.05, 0) is 57.4 Å². The number of pyridine rings is 1. The van der Waals surface area contributed by atoms with Gasteiger partial charge in [0.25, 0.3) is 5.91 Å². The van der Waals surface area contributed by atoms with Crippen LogP contribution in [0.2, 0.25) is 0 Å². The highest BCUT2D eigenvalue weighted by Gasteiger charge is 2.18. The SMILES string of the molecule is COc1ccc(CN(Cc2ccc(OC)cc2)C(=O)c2cncc(Br)c2)cc1. The zero-order valence-corrected chi connectivity index (χ0v) is 17.3. The normalized spacial score (nSPS) is 10.4. The molecule has 6 heteroatoms. The molecule has 0 unspecified atom stereocenters. The van der Waals surface area contributed by atoms with E-state index in [4.69, 9.17) is 9.47 Å². The molecule has 3 rings (SSSR count). The molecule has 1 amide bonds. The van der Waals surface area contributed by atoms with Gasteiger partial charge in [0.15, 0.2) is 0 Å². The molecule has 28 heavy (non-hydrogen) atoms. The first-order valence-corrected chi connectivity index (χ1v) is 9.54. The van der Waals surface area contributed by atoms with Crippen molar-refractivity contribution in [3.05, 3.63) is 88.2 Å². The van der Waals surface area contributed by atoms with E-state index in [9.17, 15) is 4.79 Å². The number of halogens is 1. The molecule has 0 N–H and O–H groups in total. The van der Waals surface area contributed by atoms with Crippen molar-refractivity contribution in [2.45, 2.75) is 13.1 Å². The van der Waals surface area contributed by atoms with Crippen molar-refractivity contribution in [3.63, 3.8) is 0 Å². The van der Waals surface area contributed by atoms with Gasteiger partial charge in [-0.15, -0.1) is 0 Å². The van der Waals surface area contributed by atoms with Crippen LogP contribution in [-0.2, 0) is 13.1 Å². The van der Waals surface area contributed by atoms with Gasteiger partial charge in [0.2, 0.25) is 0 Å². The fourth-order valence-corrected chi connectivity index (χ4v) is 3.18. The van der Waals surface area contributed by atoms with Gasteiger partial charge in [-0.3, -0.25) is 9.78 Å². The molecule has 0 aliphatic heterocycles. The van der Waals surface area contributed by atoms with Gasteiger partial charge in [0, 0.05) is 30.0 Å². The predicted octanol–water partition coefficient (Wildman–Crippen LogP) is 4.70. The van der Waals surface area contributed by atoms with E-state index in [2.05, 4.69) is 20.9 Å². The monoisotopic (exact) mass is 440 g/mol. The van der Waals surface area contributed by atoms with Crippen LogP contribution >= 0.6 is 15.9 Å². The summed E-state index contributed by atoms with van der Waals surface area (Å²) in [6, 6.07) is 17.2. The fraction of sp³-hybridized carbons (Fsp3) is 0.182. The summed E-state index contributed by atoms with van der Waals surface area (Å²) < 4.78 is 11.2. The summed E-state index contributed by atoms with van der Waals surface area (Å²) in [6.07, 6.45) is 3.25. The van der Waals surface area contributed by atoms with E-state index >= 15 is 0 Å². The summed E-state index contributed by atoms with van der Waals surface area (Å²) in [5, 5.41) is 0. The highest BCUT2D eigenvalue weighted by atomic mass is 79.9.